The van der Waals surface area contributed by atoms with Crippen molar-refractivity contribution in [3.63, 3.8) is 0 Å². The summed E-state index contributed by atoms with van der Waals surface area (Å²) in [6.45, 7) is 1.72. The van der Waals surface area contributed by atoms with E-state index in [1.54, 1.807) is 6.92 Å². The molecule has 2 aliphatic carbocycles. The van der Waals surface area contributed by atoms with Crippen molar-refractivity contribution in [3.8, 4) is 0 Å². The molecule has 13 heavy (non-hydrogen) atoms. The molecule has 0 atom stereocenters. The molecule has 0 heterocycles. The Morgan fingerprint density at radius 1 is 1.31 bits per heavy atom. The Morgan fingerprint density at radius 2 is 1.69 bits per heavy atom. The zero-order chi connectivity index (χ0) is 9.84. The predicted octanol–water partition coefficient (Wildman–Crippen LogP) is 0.873. The molecule has 0 aromatic rings. The minimum absolute atomic E-state index is 0.185. The highest BCUT2D eigenvalue weighted by Gasteiger charge is 2.19. The normalized spacial score (nSPS) is 16.2. The number of nitrogens with two attached hydrogens (primary N) is 1. The maximum Gasteiger partial charge on any atom is 0.217 e. The van der Waals surface area contributed by atoms with Crippen LogP contribution in [0, 0.1) is 0 Å². The molecule has 0 radical (unpaired) electrons. The monoisotopic (exact) mass is 177 g/mol. The van der Waals surface area contributed by atoms with Gasteiger partial charge in [-0.25, -0.2) is 0 Å². The van der Waals surface area contributed by atoms with E-state index >= 15 is 0 Å². The van der Waals surface area contributed by atoms with Crippen LogP contribution in [-0.2, 0) is 9.59 Å². The second-order valence-corrected chi connectivity index (χ2v) is 2.73. The smallest absolute Gasteiger partial charge is 0.217 e. The van der Waals surface area contributed by atoms with Gasteiger partial charge in [0.15, 0.2) is 5.78 Å². The predicted molar refractivity (Wildman–Crippen MR) is 49.8 cm³/mol. The van der Waals surface area contributed by atoms with Crippen LogP contribution in [0.5, 0.6) is 0 Å². The number of primary amides is 1. The quantitative estimate of drug-likeness (QED) is 0.646. The number of hydrogen-bond donors (Lipinski definition) is 1. The van der Waals surface area contributed by atoms with Crippen molar-refractivity contribution in [1.82, 2.24) is 0 Å². The number of Topliss-reactive ketones (excluding diaryl/α,β-unsaturated/α-hetero) is 1. The highest BCUT2D eigenvalue weighted by atomic mass is 16.1. The number of fused-ring (bicyclic) bond motifs is 2. The number of carbonyl (C=O) groups excluding carboxylic acids is 2. The van der Waals surface area contributed by atoms with Gasteiger partial charge in [0.1, 0.15) is 0 Å². The molecule has 0 saturated carbocycles. The summed E-state index contributed by atoms with van der Waals surface area (Å²) in [5.41, 5.74) is 6.32. The minimum Gasteiger partial charge on any atom is -0.370 e. The molecule has 2 rings (SSSR count). The Hall–Kier alpha value is -1.64. The highest BCUT2D eigenvalue weighted by molar-refractivity contribution is 6.17. The fourth-order valence-corrected chi connectivity index (χ4v) is 0.940. The SMILES string of the molecule is CCC(N)=O.O=C1C2=CC=C1C=C2. The van der Waals surface area contributed by atoms with E-state index in [0.717, 1.165) is 11.1 Å². The lowest BCUT2D eigenvalue weighted by molar-refractivity contribution is -0.117. The first-order valence-electron chi connectivity index (χ1n) is 4.08. The number of ketones is 1. The zero-order valence-electron chi connectivity index (χ0n) is 7.41. The van der Waals surface area contributed by atoms with E-state index < -0.39 is 0 Å². The number of carbonyl (C=O) groups is 2. The van der Waals surface area contributed by atoms with Crippen molar-refractivity contribution >= 4 is 11.7 Å². The van der Waals surface area contributed by atoms with Crippen LogP contribution in [0.4, 0.5) is 0 Å². The molecule has 0 aromatic carbocycles. The van der Waals surface area contributed by atoms with E-state index in [1.165, 1.54) is 0 Å². The van der Waals surface area contributed by atoms with Crippen molar-refractivity contribution in [3.05, 3.63) is 35.5 Å². The lowest BCUT2D eigenvalue weighted by Gasteiger charge is -1.78. The molecule has 0 aromatic heterocycles. The van der Waals surface area contributed by atoms with Crippen LogP contribution in [0.1, 0.15) is 13.3 Å². The fourth-order valence-electron chi connectivity index (χ4n) is 0.940. The minimum atomic E-state index is -0.245. The molecule has 1 amide bonds. The highest BCUT2D eigenvalue weighted by Crippen LogP contribution is 2.23. The van der Waals surface area contributed by atoms with Crippen molar-refractivity contribution in [2.75, 3.05) is 0 Å². The van der Waals surface area contributed by atoms with E-state index in [4.69, 9.17) is 0 Å². The van der Waals surface area contributed by atoms with E-state index in [2.05, 4.69) is 5.73 Å². The van der Waals surface area contributed by atoms with Crippen molar-refractivity contribution in [2.45, 2.75) is 13.3 Å². The van der Waals surface area contributed by atoms with Gasteiger partial charge in [-0.1, -0.05) is 31.2 Å². The van der Waals surface area contributed by atoms with Crippen LogP contribution in [0.3, 0.4) is 0 Å². The second-order valence-electron chi connectivity index (χ2n) is 2.73. The van der Waals surface area contributed by atoms with Gasteiger partial charge in [0.2, 0.25) is 5.91 Å². The Morgan fingerprint density at radius 3 is 1.77 bits per heavy atom. The van der Waals surface area contributed by atoms with Crippen molar-refractivity contribution in [1.29, 1.82) is 0 Å². The summed E-state index contributed by atoms with van der Waals surface area (Å²) in [7, 11) is 0. The summed E-state index contributed by atoms with van der Waals surface area (Å²) in [6.07, 6.45) is 7.82. The van der Waals surface area contributed by atoms with Gasteiger partial charge in [0.25, 0.3) is 0 Å². The summed E-state index contributed by atoms with van der Waals surface area (Å²) in [4.78, 5) is 20.4. The molecule has 68 valence electrons. The van der Waals surface area contributed by atoms with Gasteiger partial charge in [-0.2, -0.15) is 0 Å². The van der Waals surface area contributed by atoms with Gasteiger partial charge in [-0.05, 0) is 0 Å². The van der Waals surface area contributed by atoms with E-state index in [-0.39, 0.29) is 11.7 Å². The topological polar surface area (TPSA) is 60.2 Å². The largest absolute Gasteiger partial charge is 0.370 e. The van der Waals surface area contributed by atoms with Gasteiger partial charge < -0.3 is 5.73 Å². The zero-order valence-corrected chi connectivity index (χ0v) is 7.41. The summed E-state index contributed by atoms with van der Waals surface area (Å²) in [5.74, 6) is -0.0602. The Kier molecular flexibility index (Phi) is 2.80. The Bertz CT molecular complexity index is 311. The maximum atomic E-state index is 10.8. The fraction of sp³-hybridized carbons (Fsp3) is 0.200. The molecule has 2 bridgehead atoms. The van der Waals surface area contributed by atoms with Crippen LogP contribution in [0.2, 0.25) is 0 Å². The summed E-state index contributed by atoms with van der Waals surface area (Å²) < 4.78 is 0. The molecule has 0 saturated heterocycles. The molecule has 0 unspecified atom stereocenters. The average Bonchev–Trinajstić information content (AvgIpc) is 2.65. The van der Waals surface area contributed by atoms with Crippen LogP contribution >= 0.6 is 0 Å². The second kappa shape index (κ2) is 3.85. The third-order valence-corrected chi connectivity index (χ3v) is 1.76. The Labute approximate surface area is 76.6 Å². The molecule has 2 N–H and O–H groups in total. The number of hydrogen-bond acceptors (Lipinski definition) is 2. The van der Waals surface area contributed by atoms with Gasteiger partial charge in [-0.3, -0.25) is 9.59 Å². The van der Waals surface area contributed by atoms with E-state index in [9.17, 15) is 9.59 Å². The van der Waals surface area contributed by atoms with Crippen molar-refractivity contribution in [2.24, 2.45) is 5.73 Å². The molecule has 0 aliphatic heterocycles. The van der Waals surface area contributed by atoms with Gasteiger partial charge in [-0.15, -0.1) is 0 Å². The number of allylic oxidation sites excluding steroid dienone is 6. The maximum absolute atomic E-state index is 10.8. The van der Waals surface area contributed by atoms with Crippen LogP contribution in [0.25, 0.3) is 0 Å². The van der Waals surface area contributed by atoms with Crippen molar-refractivity contribution < 1.29 is 9.59 Å². The molecular formula is C10H11NO2. The third-order valence-electron chi connectivity index (χ3n) is 1.76. The number of rotatable bonds is 1. The third kappa shape index (κ3) is 2.15. The van der Waals surface area contributed by atoms with E-state index in [0.29, 0.717) is 6.42 Å². The summed E-state index contributed by atoms with van der Waals surface area (Å²) in [6, 6.07) is 0. The lowest BCUT2D eigenvalue weighted by atomic mass is 10.2. The van der Waals surface area contributed by atoms with Gasteiger partial charge in [0.05, 0.1) is 0 Å². The Balaban J connectivity index is 0.000000149. The molecule has 0 spiro atoms. The standard InChI is InChI=1S/C7H4O.C3H7NO/c8-7-5-1-2-6(7)4-3-5;1-2-3(4)5/h1-4H;2H2,1H3,(H2,4,5). The molecule has 2 aliphatic rings. The first-order chi connectivity index (χ1) is 6.15. The molecule has 3 heteroatoms. The first-order valence-corrected chi connectivity index (χ1v) is 4.08. The van der Waals surface area contributed by atoms with Crippen LogP contribution in [-0.4, -0.2) is 11.7 Å². The average molecular weight is 177 g/mol. The van der Waals surface area contributed by atoms with Crippen LogP contribution < -0.4 is 5.73 Å². The molecular weight excluding hydrogens is 166 g/mol. The van der Waals surface area contributed by atoms with Gasteiger partial charge >= 0.3 is 0 Å². The lowest BCUT2D eigenvalue weighted by Crippen LogP contribution is -2.06. The van der Waals surface area contributed by atoms with Crippen LogP contribution in [0.15, 0.2) is 35.5 Å². The first kappa shape index (κ1) is 9.45. The van der Waals surface area contributed by atoms with Gasteiger partial charge in [0, 0.05) is 17.6 Å². The van der Waals surface area contributed by atoms with E-state index in [1.807, 2.05) is 24.3 Å². The molecule has 3 nitrogen and oxygen atoms in total. The summed E-state index contributed by atoms with van der Waals surface area (Å²) in [5, 5.41) is 0. The molecule has 0 fully saturated rings. The number of amides is 1. The summed E-state index contributed by atoms with van der Waals surface area (Å²) >= 11 is 0.